The number of amides is 1. The van der Waals surface area contributed by atoms with Gasteiger partial charge in [0.15, 0.2) is 6.10 Å². The SMILES string of the molecule is C[C@H](Oc1ccc2c(c1)CCC2)C(=O)Nc1ccccn1. The number of hydrogen-bond acceptors (Lipinski definition) is 3. The summed E-state index contributed by atoms with van der Waals surface area (Å²) in [5, 5.41) is 2.74. The number of carbonyl (C=O) groups is 1. The van der Waals surface area contributed by atoms with Gasteiger partial charge in [-0.05, 0) is 61.6 Å². The first-order chi connectivity index (χ1) is 10.2. The van der Waals surface area contributed by atoms with Gasteiger partial charge >= 0.3 is 0 Å². The fraction of sp³-hybridized carbons (Fsp3) is 0.294. The average molecular weight is 282 g/mol. The predicted octanol–water partition coefficient (Wildman–Crippen LogP) is 2.98. The van der Waals surface area contributed by atoms with Gasteiger partial charge in [0.2, 0.25) is 0 Å². The molecular formula is C17H18N2O2. The minimum Gasteiger partial charge on any atom is -0.481 e. The largest absolute Gasteiger partial charge is 0.481 e. The number of carbonyl (C=O) groups excluding carboxylic acids is 1. The van der Waals surface area contributed by atoms with Crippen LogP contribution in [0.3, 0.4) is 0 Å². The zero-order valence-electron chi connectivity index (χ0n) is 12.0. The molecule has 2 aromatic rings. The first kappa shape index (κ1) is 13.6. The van der Waals surface area contributed by atoms with Gasteiger partial charge in [0.1, 0.15) is 11.6 Å². The van der Waals surface area contributed by atoms with Crippen LogP contribution >= 0.6 is 0 Å². The second-order valence-corrected chi connectivity index (χ2v) is 5.25. The number of rotatable bonds is 4. The van der Waals surface area contributed by atoms with Crippen molar-refractivity contribution in [3.05, 3.63) is 53.7 Å². The molecule has 1 atom stereocenters. The van der Waals surface area contributed by atoms with Crippen LogP contribution in [-0.2, 0) is 17.6 Å². The van der Waals surface area contributed by atoms with E-state index in [1.165, 1.54) is 17.5 Å². The van der Waals surface area contributed by atoms with Crippen LogP contribution in [0.15, 0.2) is 42.6 Å². The Kier molecular flexibility index (Phi) is 3.86. The standard InChI is InChI=1S/C17H18N2O2/c1-12(17(20)19-16-7-2-3-10-18-16)21-15-9-8-13-5-4-6-14(13)11-15/h2-3,7-12H,4-6H2,1H3,(H,18,19,20)/t12-/m0/s1. The van der Waals surface area contributed by atoms with Crippen molar-refractivity contribution >= 4 is 11.7 Å². The molecule has 21 heavy (non-hydrogen) atoms. The third kappa shape index (κ3) is 3.21. The monoisotopic (exact) mass is 282 g/mol. The van der Waals surface area contributed by atoms with Crippen molar-refractivity contribution in [1.82, 2.24) is 4.98 Å². The highest BCUT2D eigenvalue weighted by Gasteiger charge is 2.17. The fourth-order valence-corrected chi connectivity index (χ4v) is 2.54. The third-order valence-corrected chi connectivity index (χ3v) is 3.67. The molecule has 108 valence electrons. The topological polar surface area (TPSA) is 51.2 Å². The number of pyridine rings is 1. The Balaban J connectivity index is 1.63. The number of aromatic nitrogens is 1. The van der Waals surface area contributed by atoms with Crippen LogP contribution in [0.4, 0.5) is 5.82 Å². The average Bonchev–Trinajstić information content (AvgIpc) is 2.95. The lowest BCUT2D eigenvalue weighted by Crippen LogP contribution is -2.30. The maximum atomic E-state index is 12.1. The van der Waals surface area contributed by atoms with Crippen LogP contribution in [0.25, 0.3) is 0 Å². The molecule has 0 saturated carbocycles. The van der Waals surface area contributed by atoms with Crippen molar-refractivity contribution < 1.29 is 9.53 Å². The molecule has 0 bridgehead atoms. The molecule has 1 heterocycles. The molecule has 1 aromatic heterocycles. The molecule has 0 aliphatic heterocycles. The summed E-state index contributed by atoms with van der Waals surface area (Å²) < 4.78 is 5.73. The van der Waals surface area contributed by atoms with Crippen LogP contribution < -0.4 is 10.1 Å². The van der Waals surface area contributed by atoms with Gasteiger partial charge < -0.3 is 10.1 Å². The Hall–Kier alpha value is -2.36. The van der Waals surface area contributed by atoms with E-state index >= 15 is 0 Å². The molecule has 1 amide bonds. The van der Waals surface area contributed by atoms with Gasteiger partial charge in [0.05, 0.1) is 0 Å². The number of aryl methyl sites for hydroxylation is 2. The van der Waals surface area contributed by atoms with Crippen LogP contribution in [0.5, 0.6) is 5.75 Å². The summed E-state index contributed by atoms with van der Waals surface area (Å²) in [6.45, 7) is 1.74. The maximum Gasteiger partial charge on any atom is 0.266 e. The molecule has 3 rings (SSSR count). The number of fused-ring (bicyclic) bond motifs is 1. The van der Waals surface area contributed by atoms with Crippen molar-refractivity contribution in [2.75, 3.05) is 5.32 Å². The minimum atomic E-state index is -0.563. The molecule has 1 aliphatic carbocycles. The normalized spacial score (nSPS) is 14.3. The van der Waals surface area contributed by atoms with E-state index in [1.54, 1.807) is 25.3 Å². The zero-order chi connectivity index (χ0) is 14.7. The molecule has 1 aliphatic rings. The van der Waals surface area contributed by atoms with Gasteiger partial charge in [-0.25, -0.2) is 4.98 Å². The van der Waals surface area contributed by atoms with Crippen LogP contribution in [0.2, 0.25) is 0 Å². The molecule has 0 fully saturated rings. The number of ether oxygens (including phenoxy) is 1. The number of nitrogens with zero attached hydrogens (tertiary/aromatic N) is 1. The van der Waals surface area contributed by atoms with E-state index in [2.05, 4.69) is 16.4 Å². The van der Waals surface area contributed by atoms with Gasteiger partial charge in [-0.3, -0.25) is 4.79 Å². The van der Waals surface area contributed by atoms with Gasteiger partial charge in [-0.15, -0.1) is 0 Å². The molecule has 1 aromatic carbocycles. The van der Waals surface area contributed by atoms with E-state index in [0.717, 1.165) is 18.6 Å². The molecule has 4 nitrogen and oxygen atoms in total. The van der Waals surface area contributed by atoms with Gasteiger partial charge in [0, 0.05) is 6.20 Å². The van der Waals surface area contributed by atoms with Crippen LogP contribution in [-0.4, -0.2) is 17.0 Å². The second-order valence-electron chi connectivity index (χ2n) is 5.25. The van der Waals surface area contributed by atoms with E-state index in [4.69, 9.17) is 4.74 Å². The minimum absolute atomic E-state index is 0.200. The van der Waals surface area contributed by atoms with Crippen molar-refractivity contribution in [1.29, 1.82) is 0 Å². The Morgan fingerprint density at radius 1 is 1.24 bits per heavy atom. The number of nitrogens with one attached hydrogen (secondary N) is 1. The lowest BCUT2D eigenvalue weighted by atomic mass is 10.1. The summed E-state index contributed by atoms with van der Waals surface area (Å²) in [6, 6.07) is 11.5. The van der Waals surface area contributed by atoms with Crippen LogP contribution in [0.1, 0.15) is 24.5 Å². The van der Waals surface area contributed by atoms with E-state index in [9.17, 15) is 4.79 Å². The lowest BCUT2D eigenvalue weighted by molar-refractivity contribution is -0.122. The van der Waals surface area contributed by atoms with Gasteiger partial charge in [0.25, 0.3) is 5.91 Å². The summed E-state index contributed by atoms with van der Waals surface area (Å²) in [5.74, 6) is 1.08. The Labute approximate surface area is 124 Å². The van der Waals surface area contributed by atoms with E-state index < -0.39 is 6.10 Å². The van der Waals surface area contributed by atoms with Gasteiger partial charge in [-0.2, -0.15) is 0 Å². The molecule has 4 heteroatoms. The predicted molar refractivity (Wildman–Crippen MR) is 81.4 cm³/mol. The van der Waals surface area contributed by atoms with Gasteiger partial charge in [-0.1, -0.05) is 12.1 Å². The molecular weight excluding hydrogens is 264 g/mol. The zero-order valence-corrected chi connectivity index (χ0v) is 12.0. The summed E-state index contributed by atoms with van der Waals surface area (Å²) in [6.07, 6.45) is 4.52. The molecule has 1 N–H and O–H groups in total. The summed E-state index contributed by atoms with van der Waals surface area (Å²) in [5.41, 5.74) is 2.73. The third-order valence-electron chi connectivity index (χ3n) is 3.67. The van der Waals surface area contributed by atoms with Crippen molar-refractivity contribution in [3.63, 3.8) is 0 Å². The number of anilines is 1. The Morgan fingerprint density at radius 3 is 2.90 bits per heavy atom. The first-order valence-electron chi connectivity index (χ1n) is 7.23. The summed E-state index contributed by atoms with van der Waals surface area (Å²) >= 11 is 0. The van der Waals surface area contributed by atoms with E-state index in [1.807, 2.05) is 18.2 Å². The van der Waals surface area contributed by atoms with E-state index in [0.29, 0.717) is 5.82 Å². The smallest absolute Gasteiger partial charge is 0.266 e. The van der Waals surface area contributed by atoms with Crippen molar-refractivity contribution in [2.45, 2.75) is 32.3 Å². The number of benzene rings is 1. The van der Waals surface area contributed by atoms with E-state index in [-0.39, 0.29) is 5.91 Å². The molecule has 0 spiro atoms. The summed E-state index contributed by atoms with van der Waals surface area (Å²) in [7, 11) is 0. The Bertz CT molecular complexity index is 640. The molecule has 0 saturated heterocycles. The second kappa shape index (κ2) is 5.95. The quantitative estimate of drug-likeness (QED) is 0.938. The van der Waals surface area contributed by atoms with Crippen molar-refractivity contribution in [2.24, 2.45) is 0 Å². The molecule has 0 radical (unpaired) electrons. The van der Waals surface area contributed by atoms with Crippen LogP contribution in [0, 0.1) is 0 Å². The van der Waals surface area contributed by atoms with Crippen molar-refractivity contribution in [3.8, 4) is 5.75 Å². The number of hydrogen-bond donors (Lipinski definition) is 1. The first-order valence-corrected chi connectivity index (χ1v) is 7.23. The highest BCUT2D eigenvalue weighted by molar-refractivity contribution is 5.93. The lowest BCUT2D eigenvalue weighted by Gasteiger charge is -2.15. The fourth-order valence-electron chi connectivity index (χ4n) is 2.54. The highest BCUT2D eigenvalue weighted by atomic mass is 16.5. The Morgan fingerprint density at radius 2 is 2.10 bits per heavy atom. The maximum absolute atomic E-state index is 12.1. The summed E-state index contributed by atoms with van der Waals surface area (Å²) in [4.78, 5) is 16.1. The molecule has 0 unspecified atom stereocenters. The highest BCUT2D eigenvalue weighted by Crippen LogP contribution is 2.26.